The van der Waals surface area contributed by atoms with Crippen LogP contribution in [0.3, 0.4) is 0 Å². The van der Waals surface area contributed by atoms with E-state index in [0.29, 0.717) is 47.6 Å². The van der Waals surface area contributed by atoms with Crippen LogP contribution in [0, 0.1) is 0 Å². The quantitative estimate of drug-likeness (QED) is 0.902. The van der Waals surface area contributed by atoms with Crippen LogP contribution < -0.4 is 19.5 Å². The maximum absolute atomic E-state index is 12.5. The summed E-state index contributed by atoms with van der Waals surface area (Å²) in [6.07, 6.45) is 0.777. The minimum atomic E-state index is -0.267. The number of halogens is 1. The fraction of sp³-hybridized carbons (Fsp3) is 0.278. The van der Waals surface area contributed by atoms with E-state index in [0.717, 1.165) is 12.2 Å². The van der Waals surface area contributed by atoms with Gasteiger partial charge in [-0.15, -0.1) is 0 Å². The molecule has 2 aromatic carbocycles. The Bertz CT molecular complexity index is 731. The predicted octanol–water partition coefficient (Wildman–Crippen LogP) is 4.15. The number of amides is 1. The summed E-state index contributed by atoms with van der Waals surface area (Å²) >= 11 is 6.22. The number of benzene rings is 2. The molecule has 0 atom stereocenters. The number of hydrogen-bond donors (Lipinski definition) is 1. The summed E-state index contributed by atoms with van der Waals surface area (Å²) in [6.45, 7) is 3.60. The van der Waals surface area contributed by atoms with E-state index in [1.807, 2.05) is 6.92 Å². The van der Waals surface area contributed by atoms with Gasteiger partial charge in [-0.2, -0.15) is 0 Å². The first-order valence-electron chi connectivity index (χ1n) is 7.80. The van der Waals surface area contributed by atoms with Crippen LogP contribution in [0.2, 0.25) is 5.02 Å². The Morgan fingerprint density at radius 2 is 1.96 bits per heavy atom. The standard InChI is InChI=1S/C18H18ClNO4/c1-2-22-14-6-4-13(5-7-14)20-18(21)12-10-15(19)17-16(11-12)23-8-3-9-24-17/h4-7,10-11H,2-3,8-9H2,1H3,(H,20,21). The Balaban J connectivity index is 1.77. The second-order valence-corrected chi connectivity index (χ2v) is 5.65. The Labute approximate surface area is 145 Å². The molecule has 0 saturated carbocycles. The zero-order valence-electron chi connectivity index (χ0n) is 13.3. The van der Waals surface area contributed by atoms with E-state index >= 15 is 0 Å². The van der Waals surface area contributed by atoms with Gasteiger partial charge < -0.3 is 19.5 Å². The molecule has 3 rings (SSSR count). The first-order valence-corrected chi connectivity index (χ1v) is 8.18. The van der Waals surface area contributed by atoms with Gasteiger partial charge in [0.15, 0.2) is 11.5 Å². The molecule has 0 spiro atoms. The molecule has 1 heterocycles. The molecule has 1 N–H and O–H groups in total. The van der Waals surface area contributed by atoms with Gasteiger partial charge in [0.2, 0.25) is 0 Å². The number of hydrogen-bond acceptors (Lipinski definition) is 4. The van der Waals surface area contributed by atoms with Crippen LogP contribution in [-0.2, 0) is 0 Å². The van der Waals surface area contributed by atoms with Crippen LogP contribution in [0.15, 0.2) is 36.4 Å². The molecule has 0 bridgehead atoms. The fourth-order valence-electron chi connectivity index (χ4n) is 2.37. The van der Waals surface area contributed by atoms with Crippen molar-refractivity contribution >= 4 is 23.2 Å². The van der Waals surface area contributed by atoms with Crippen molar-refractivity contribution in [3.05, 3.63) is 47.0 Å². The highest BCUT2D eigenvalue weighted by Crippen LogP contribution is 2.38. The van der Waals surface area contributed by atoms with E-state index in [-0.39, 0.29) is 5.91 Å². The summed E-state index contributed by atoms with van der Waals surface area (Å²) in [5.41, 5.74) is 1.09. The molecule has 2 aromatic rings. The van der Waals surface area contributed by atoms with Gasteiger partial charge in [0, 0.05) is 17.7 Å². The van der Waals surface area contributed by atoms with Gasteiger partial charge >= 0.3 is 0 Å². The Morgan fingerprint density at radius 3 is 2.71 bits per heavy atom. The first-order chi connectivity index (χ1) is 11.7. The van der Waals surface area contributed by atoms with Crippen LogP contribution in [0.25, 0.3) is 0 Å². The molecule has 0 aromatic heterocycles. The highest BCUT2D eigenvalue weighted by atomic mass is 35.5. The van der Waals surface area contributed by atoms with E-state index in [9.17, 15) is 4.79 Å². The van der Waals surface area contributed by atoms with Crippen LogP contribution in [0.5, 0.6) is 17.2 Å². The molecule has 0 aliphatic carbocycles. The van der Waals surface area contributed by atoms with Crippen LogP contribution in [0.1, 0.15) is 23.7 Å². The highest BCUT2D eigenvalue weighted by Gasteiger charge is 2.18. The summed E-state index contributed by atoms with van der Waals surface area (Å²) in [5, 5.41) is 3.19. The van der Waals surface area contributed by atoms with Crippen LogP contribution in [-0.4, -0.2) is 25.7 Å². The van der Waals surface area contributed by atoms with Crippen molar-refractivity contribution in [2.45, 2.75) is 13.3 Å². The van der Waals surface area contributed by atoms with E-state index < -0.39 is 0 Å². The number of nitrogens with one attached hydrogen (secondary N) is 1. The van der Waals surface area contributed by atoms with Gasteiger partial charge in [0.1, 0.15) is 5.75 Å². The number of rotatable bonds is 4. The van der Waals surface area contributed by atoms with Crippen molar-refractivity contribution in [1.82, 2.24) is 0 Å². The average Bonchev–Trinajstić information content (AvgIpc) is 2.82. The zero-order chi connectivity index (χ0) is 16.9. The first kappa shape index (κ1) is 16.5. The molecule has 0 radical (unpaired) electrons. The Morgan fingerprint density at radius 1 is 1.21 bits per heavy atom. The number of carbonyl (C=O) groups is 1. The van der Waals surface area contributed by atoms with E-state index in [4.69, 9.17) is 25.8 Å². The maximum atomic E-state index is 12.5. The van der Waals surface area contributed by atoms with Crippen molar-refractivity contribution in [3.63, 3.8) is 0 Å². The molecule has 1 amide bonds. The average molecular weight is 348 g/mol. The van der Waals surface area contributed by atoms with Crippen molar-refractivity contribution in [1.29, 1.82) is 0 Å². The minimum absolute atomic E-state index is 0.267. The molecule has 0 saturated heterocycles. The van der Waals surface area contributed by atoms with Crippen molar-refractivity contribution in [2.24, 2.45) is 0 Å². The number of anilines is 1. The molecule has 0 fully saturated rings. The van der Waals surface area contributed by atoms with Gasteiger partial charge in [0.25, 0.3) is 5.91 Å². The van der Waals surface area contributed by atoms with Gasteiger partial charge in [-0.25, -0.2) is 0 Å². The summed E-state index contributed by atoms with van der Waals surface area (Å²) in [4.78, 5) is 12.5. The summed E-state index contributed by atoms with van der Waals surface area (Å²) in [5.74, 6) is 1.48. The van der Waals surface area contributed by atoms with Gasteiger partial charge in [-0.05, 0) is 43.3 Å². The van der Waals surface area contributed by atoms with Gasteiger partial charge in [-0.1, -0.05) is 11.6 Å². The molecular formula is C18H18ClNO4. The van der Waals surface area contributed by atoms with Gasteiger partial charge in [-0.3, -0.25) is 4.79 Å². The Hall–Kier alpha value is -2.40. The summed E-state index contributed by atoms with van der Waals surface area (Å²) in [6, 6.07) is 10.4. The predicted molar refractivity (Wildman–Crippen MR) is 92.6 cm³/mol. The summed E-state index contributed by atoms with van der Waals surface area (Å²) in [7, 11) is 0. The molecule has 1 aliphatic rings. The minimum Gasteiger partial charge on any atom is -0.494 e. The van der Waals surface area contributed by atoms with E-state index in [1.165, 1.54) is 0 Å². The number of ether oxygens (including phenoxy) is 3. The SMILES string of the molecule is CCOc1ccc(NC(=O)c2cc(Cl)c3c(c2)OCCCO3)cc1. The van der Waals surface area contributed by atoms with Gasteiger partial charge in [0.05, 0.1) is 24.8 Å². The molecule has 126 valence electrons. The Kier molecular flexibility index (Phi) is 5.11. The molecule has 1 aliphatic heterocycles. The molecular weight excluding hydrogens is 330 g/mol. The van der Waals surface area contributed by atoms with Crippen molar-refractivity contribution < 1.29 is 19.0 Å². The third-order valence-corrected chi connectivity index (χ3v) is 3.77. The number of carbonyl (C=O) groups excluding carboxylic acids is 1. The third kappa shape index (κ3) is 3.74. The zero-order valence-corrected chi connectivity index (χ0v) is 14.1. The largest absolute Gasteiger partial charge is 0.494 e. The maximum Gasteiger partial charge on any atom is 0.255 e. The molecule has 5 nitrogen and oxygen atoms in total. The lowest BCUT2D eigenvalue weighted by Crippen LogP contribution is -2.12. The third-order valence-electron chi connectivity index (χ3n) is 3.49. The number of fused-ring (bicyclic) bond motifs is 1. The van der Waals surface area contributed by atoms with Crippen LogP contribution in [0.4, 0.5) is 5.69 Å². The lowest BCUT2D eigenvalue weighted by Gasteiger charge is -2.12. The normalized spacial score (nSPS) is 13.1. The lowest BCUT2D eigenvalue weighted by molar-refractivity contribution is 0.102. The second kappa shape index (κ2) is 7.45. The van der Waals surface area contributed by atoms with Crippen molar-refractivity contribution in [2.75, 3.05) is 25.1 Å². The van der Waals surface area contributed by atoms with Crippen LogP contribution >= 0.6 is 11.6 Å². The van der Waals surface area contributed by atoms with E-state index in [1.54, 1.807) is 36.4 Å². The monoisotopic (exact) mass is 347 g/mol. The topological polar surface area (TPSA) is 56.8 Å². The molecule has 6 heteroatoms. The second-order valence-electron chi connectivity index (χ2n) is 5.25. The highest BCUT2D eigenvalue weighted by molar-refractivity contribution is 6.32. The van der Waals surface area contributed by atoms with Crippen molar-refractivity contribution in [3.8, 4) is 17.2 Å². The smallest absolute Gasteiger partial charge is 0.255 e. The fourth-order valence-corrected chi connectivity index (χ4v) is 2.63. The lowest BCUT2D eigenvalue weighted by atomic mass is 10.1. The molecule has 24 heavy (non-hydrogen) atoms. The summed E-state index contributed by atoms with van der Waals surface area (Å²) < 4.78 is 16.6. The van der Waals surface area contributed by atoms with E-state index in [2.05, 4.69) is 5.32 Å². The molecule has 0 unspecified atom stereocenters.